The van der Waals surface area contributed by atoms with E-state index in [2.05, 4.69) is 15.3 Å². The number of amidine groups is 1. The van der Waals surface area contributed by atoms with Crippen molar-refractivity contribution in [2.75, 3.05) is 0 Å². The molecule has 2 heterocycles. The van der Waals surface area contributed by atoms with Gasteiger partial charge in [-0.25, -0.2) is 9.78 Å². The van der Waals surface area contributed by atoms with Crippen LogP contribution in [0.25, 0.3) is 0 Å². The minimum absolute atomic E-state index is 0.0738. The number of phenols is 1. The van der Waals surface area contributed by atoms with Gasteiger partial charge in [-0.15, -0.1) is 11.3 Å². The molecule has 0 fully saturated rings. The van der Waals surface area contributed by atoms with Crippen LogP contribution in [-0.4, -0.2) is 27.0 Å². The Bertz CT molecular complexity index is 839. The topological polar surface area (TPSA) is 94.8 Å². The van der Waals surface area contributed by atoms with E-state index in [0.717, 1.165) is 5.01 Å². The lowest BCUT2D eigenvalue weighted by Crippen LogP contribution is -2.32. The zero-order valence-corrected chi connectivity index (χ0v) is 13.4. The molecule has 1 aromatic heterocycles. The van der Waals surface area contributed by atoms with Gasteiger partial charge in [0.05, 0.1) is 10.6 Å². The summed E-state index contributed by atoms with van der Waals surface area (Å²) in [5.41, 5.74) is 1.97. The Balaban J connectivity index is 2.11. The van der Waals surface area contributed by atoms with Gasteiger partial charge in [0.2, 0.25) is 0 Å². The SMILES string of the molecule is CC1=C(C(=O)O)C(c2cccc(O)c2)N=C(c2csc(C)n2)N1. The summed E-state index contributed by atoms with van der Waals surface area (Å²) in [4.78, 5) is 20.6. The van der Waals surface area contributed by atoms with Crippen molar-refractivity contribution in [2.45, 2.75) is 19.9 Å². The van der Waals surface area contributed by atoms with Crippen LogP contribution in [0.4, 0.5) is 0 Å². The van der Waals surface area contributed by atoms with Gasteiger partial charge in [-0.05, 0) is 31.5 Å². The van der Waals surface area contributed by atoms with Crippen LogP contribution in [0.5, 0.6) is 5.75 Å². The van der Waals surface area contributed by atoms with Crippen LogP contribution in [0.2, 0.25) is 0 Å². The van der Waals surface area contributed by atoms with Crippen LogP contribution in [-0.2, 0) is 4.79 Å². The predicted octanol–water partition coefficient (Wildman–Crippen LogP) is 2.61. The number of aromatic nitrogens is 1. The van der Waals surface area contributed by atoms with E-state index >= 15 is 0 Å². The first-order valence-electron chi connectivity index (χ1n) is 6.96. The van der Waals surface area contributed by atoms with Crippen molar-refractivity contribution in [3.8, 4) is 5.75 Å². The van der Waals surface area contributed by atoms with Crippen LogP contribution in [0, 0.1) is 6.92 Å². The number of rotatable bonds is 3. The molecule has 1 aromatic carbocycles. The third kappa shape index (κ3) is 2.95. The molecule has 7 heteroatoms. The number of allylic oxidation sites excluding steroid dienone is 1. The predicted molar refractivity (Wildman–Crippen MR) is 87.7 cm³/mol. The van der Waals surface area contributed by atoms with E-state index in [0.29, 0.717) is 22.8 Å². The zero-order valence-electron chi connectivity index (χ0n) is 12.6. The smallest absolute Gasteiger partial charge is 0.335 e. The van der Waals surface area contributed by atoms with Gasteiger partial charge in [0.15, 0.2) is 5.84 Å². The summed E-state index contributed by atoms with van der Waals surface area (Å²) in [5, 5.41) is 25.0. The number of hydrogen-bond acceptors (Lipinski definition) is 6. The number of thiazole rings is 1. The highest BCUT2D eigenvalue weighted by atomic mass is 32.1. The number of benzene rings is 1. The quantitative estimate of drug-likeness (QED) is 0.804. The van der Waals surface area contributed by atoms with E-state index in [-0.39, 0.29) is 11.3 Å². The van der Waals surface area contributed by atoms with Crippen LogP contribution in [0.15, 0.2) is 45.9 Å². The number of carboxylic acids is 1. The van der Waals surface area contributed by atoms with Crippen LogP contribution < -0.4 is 5.32 Å². The molecule has 0 bridgehead atoms. The summed E-state index contributed by atoms with van der Waals surface area (Å²) in [6.07, 6.45) is 0. The summed E-state index contributed by atoms with van der Waals surface area (Å²) in [7, 11) is 0. The number of aliphatic imine (C=N–C) groups is 1. The van der Waals surface area contributed by atoms with E-state index < -0.39 is 12.0 Å². The van der Waals surface area contributed by atoms with E-state index in [9.17, 15) is 15.0 Å². The molecular formula is C16H15N3O3S. The highest BCUT2D eigenvalue weighted by Crippen LogP contribution is 2.33. The second-order valence-electron chi connectivity index (χ2n) is 5.20. The average molecular weight is 329 g/mol. The molecule has 0 amide bonds. The number of aromatic hydroxyl groups is 1. The van der Waals surface area contributed by atoms with E-state index in [4.69, 9.17) is 0 Å². The van der Waals surface area contributed by atoms with Gasteiger partial charge in [0.25, 0.3) is 0 Å². The Hall–Kier alpha value is -2.67. The second-order valence-corrected chi connectivity index (χ2v) is 6.26. The Labute approximate surface area is 136 Å². The lowest BCUT2D eigenvalue weighted by atomic mass is 9.96. The van der Waals surface area contributed by atoms with Crippen molar-refractivity contribution in [1.82, 2.24) is 10.3 Å². The Morgan fingerprint density at radius 3 is 2.74 bits per heavy atom. The summed E-state index contributed by atoms with van der Waals surface area (Å²) >= 11 is 1.50. The maximum absolute atomic E-state index is 11.6. The van der Waals surface area contributed by atoms with E-state index in [1.807, 2.05) is 12.3 Å². The molecule has 1 aliphatic rings. The maximum atomic E-state index is 11.6. The summed E-state index contributed by atoms with van der Waals surface area (Å²) in [6, 6.07) is 5.79. The molecule has 0 spiro atoms. The fourth-order valence-corrected chi connectivity index (χ4v) is 3.09. The molecule has 0 saturated carbocycles. The minimum atomic E-state index is -1.04. The molecule has 0 aliphatic carbocycles. The number of nitrogens with zero attached hydrogens (tertiary/aromatic N) is 2. The Morgan fingerprint density at radius 2 is 2.13 bits per heavy atom. The van der Waals surface area contributed by atoms with E-state index in [1.165, 1.54) is 23.5 Å². The first-order valence-corrected chi connectivity index (χ1v) is 7.84. The van der Waals surface area contributed by atoms with Gasteiger partial charge in [0.1, 0.15) is 17.5 Å². The third-order valence-electron chi connectivity index (χ3n) is 3.52. The van der Waals surface area contributed by atoms with Gasteiger partial charge < -0.3 is 15.5 Å². The fraction of sp³-hybridized carbons (Fsp3) is 0.188. The standard InChI is InChI=1S/C16H15N3O3S/c1-8-13(16(21)22)14(10-4-3-5-11(20)6-10)19-15(17-8)12-7-23-9(2)18-12/h3-7,14,20H,1-2H3,(H,17,19)(H,21,22). The first-order chi connectivity index (χ1) is 11.0. The Kier molecular flexibility index (Phi) is 3.87. The molecule has 23 heavy (non-hydrogen) atoms. The molecule has 2 aromatic rings. The molecular weight excluding hydrogens is 314 g/mol. The van der Waals surface area contributed by atoms with Gasteiger partial charge in [-0.1, -0.05) is 12.1 Å². The lowest BCUT2D eigenvalue weighted by Gasteiger charge is -2.24. The largest absolute Gasteiger partial charge is 0.508 e. The monoisotopic (exact) mass is 329 g/mol. The van der Waals surface area contributed by atoms with Crippen molar-refractivity contribution >= 4 is 23.1 Å². The van der Waals surface area contributed by atoms with Crippen LogP contribution >= 0.6 is 11.3 Å². The minimum Gasteiger partial charge on any atom is -0.508 e. The molecule has 3 N–H and O–H groups in total. The summed E-state index contributed by atoms with van der Waals surface area (Å²) in [6.45, 7) is 3.60. The number of carbonyl (C=O) groups is 1. The van der Waals surface area contributed by atoms with Crippen molar-refractivity contribution in [1.29, 1.82) is 0 Å². The lowest BCUT2D eigenvalue weighted by molar-refractivity contribution is -0.133. The van der Waals surface area contributed by atoms with Gasteiger partial charge in [0, 0.05) is 11.1 Å². The van der Waals surface area contributed by atoms with E-state index in [1.54, 1.807) is 19.1 Å². The fourth-order valence-electron chi connectivity index (χ4n) is 2.49. The van der Waals surface area contributed by atoms with Crippen LogP contribution in [0.3, 0.4) is 0 Å². The maximum Gasteiger partial charge on any atom is 0.335 e. The Morgan fingerprint density at radius 1 is 1.35 bits per heavy atom. The number of aryl methyl sites for hydroxylation is 1. The highest BCUT2D eigenvalue weighted by Gasteiger charge is 2.30. The first kappa shape index (κ1) is 15.2. The number of aliphatic carboxylic acids is 1. The number of nitrogens with one attached hydrogen (secondary N) is 1. The molecule has 118 valence electrons. The van der Waals surface area contributed by atoms with Crippen molar-refractivity contribution in [3.05, 3.63) is 57.2 Å². The number of hydrogen-bond donors (Lipinski definition) is 3. The molecule has 1 unspecified atom stereocenters. The highest BCUT2D eigenvalue weighted by molar-refractivity contribution is 7.09. The number of carboxylic acid groups (broad SMARTS) is 1. The van der Waals surface area contributed by atoms with Gasteiger partial charge in [-0.3, -0.25) is 4.99 Å². The zero-order chi connectivity index (χ0) is 16.6. The molecule has 0 saturated heterocycles. The molecule has 1 atom stereocenters. The van der Waals surface area contributed by atoms with Crippen molar-refractivity contribution in [3.63, 3.8) is 0 Å². The van der Waals surface area contributed by atoms with Crippen LogP contribution in [0.1, 0.15) is 29.2 Å². The molecule has 0 radical (unpaired) electrons. The summed E-state index contributed by atoms with van der Waals surface area (Å²) < 4.78 is 0. The third-order valence-corrected chi connectivity index (χ3v) is 4.29. The summed E-state index contributed by atoms with van der Waals surface area (Å²) in [5.74, 6) is -0.435. The average Bonchev–Trinajstić information content (AvgIpc) is 2.92. The normalized spacial score (nSPS) is 17.7. The van der Waals surface area contributed by atoms with Crippen molar-refractivity contribution < 1.29 is 15.0 Å². The second kappa shape index (κ2) is 5.85. The number of phenolic OH excluding ortho intramolecular Hbond substituents is 1. The van der Waals surface area contributed by atoms with Crippen molar-refractivity contribution in [2.24, 2.45) is 4.99 Å². The van der Waals surface area contributed by atoms with Gasteiger partial charge in [-0.2, -0.15) is 0 Å². The molecule has 3 rings (SSSR count). The van der Waals surface area contributed by atoms with Gasteiger partial charge >= 0.3 is 5.97 Å². The molecule has 6 nitrogen and oxygen atoms in total. The molecule has 1 aliphatic heterocycles.